The number of nitrogens with zero attached hydrogens (tertiary/aromatic N) is 2. The zero-order chi connectivity index (χ0) is 3.70. The molecule has 1 aliphatic heterocycles. The molecular formula is C2H3BrN2. The molecule has 0 saturated carbocycles. The van der Waals surface area contributed by atoms with Crippen LogP contribution < -0.4 is 0 Å². The SMILES string of the molecule is BrCC1N=N1. The summed E-state index contributed by atoms with van der Waals surface area (Å²) < 4.78 is 0. The smallest absolute Gasteiger partial charge is 0.162 e. The third-order valence-electron chi connectivity index (χ3n) is 0.417. The molecule has 0 atom stereocenters. The lowest BCUT2D eigenvalue weighted by atomic mass is 10.7. The Balaban J connectivity index is 2.06. The van der Waals surface area contributed by atoms with Gasteiger partial charge in [-0.05, 0) is 0 Å². The van der Waals surface area contributed by atoms with Crippen LogP contribution in [0, 0.1) is 0 Å². The summed E-state index contributed by atoms with van der Waals surface area (Å²) in [5, 5.41) is 8.09. The predicted molar refractivity (Wildman–Crippen MR) is 22.4 cm³/mol. The van der Waals surface area contributed by atoms with Crippen LogP contribution in [-0.2, 0) is 0 Å². The van der Waals surface area contributed by atoms with Gasteiger partial charge in [-0.15, -0.1) is 0 Å². The number of hydrogen-bond donors (Lipinski definition) is 0. The van der Waals surface area contributed by atoms with E-state index in [2.05, 4.69) is 26.2 Å². The minimum Gasteiger partial charge on any atom is -0.162 e. The second-order valence-corrected chi connectivity index (χ2v) is 1.51. The van der Waals surface area contributed by atoms with Crippen LogP contribution in [0.25, 0.3) is 0 Å². The topological polar surface area (TPSA) is 24.7 Å². The van der Waals surface area contributed by atoms with E-state index in [1.54, 1.807) is 0 Å². The van der Waals surface area contributed by atoms with Gasteiger partial charge in [-0.3, -0.25) is 0 Å². The molecular weight excluding hydrogens is 132 g/mol. The van der Waals surface area contributed by atoms with Crippen molar-refractivity contribution in [2.24, 2.45) is 10.2 Å². The third-order valence-corrected chi connectivity index (χ3v) is 0.996. The van der Waals surface area contributed by atoms with E-state index in [1.165, 1.54) is 0 Å². The van der Waals surface area contributed by atoms with Gasteiger partial charge in [0.15, 0.2) is 6.17 Å². The molecule has 0 bridgehead atoms. The molecule has 1 rings (SSSR count). The Hall–Kier alpha value is 0.0800. The van der Waals surface area contributed by atoms with Crippen LogP contribution in [0.15, 0.2) is 10.2 Å². The molecule has 0 amide bonds. The van der Waals surface area contributed by atoms with Crippen LogP contribution in [0.2, 0.25) is 0 Å². The average molecular weight is 135 g/mol. The molecule has 5 heavy (non-hydrogen) atoms. The molecule has 0 aromatic carbocycles. The summed E-state index contributed by atoms with van der Waals surface area (Å²) in [6.07, 6.45) is 0.301. The van der Waals surface area contributed by atoms with Crippen molar-refractivity contribution in [3.63, 3.8) is 0 Å². The molecule has 0 aromatic rings. The first-order chi connectivity index (χ1) is 2.43. The number of rotatable bonds is 1. The van der Waals surface area contributed by atoms with E-state index in [4.69, 9.17) is 0 Å². The Morgan fingerprint density at radius 1 is 1.60 bits per heavy atom. The molecule has 0 saturated heterocycles. The lowest BCUT2D eigenvalue weighted by molar-refractivity contribution is 1.10. The van der Waals surface area contributed by atoms with Gasteiger partial charge in [0.05, 0.1) is 0 Å². The normalized spacial score (nSPS) is 20.2. The largest absolute Gasteiger partial charge is 0.190 e. The summed E-state index contributed by atoms with van der Waals surface area (Å²) in [6.45, 7) is 0. The van der Waals surface area contributed by atoms with E-state index in [1.807, 2.05) is 0 Å². The first-order valence-electron chi connectivity index (χ1n) is 1.39. The fraction of sp³-hybridized carbons (Fsp3) is 1.00. The first-order valence-corrected chi connectivity index (χ1v) is 2.51. The molecule has 0 N–H and O–H groups in total. The summed E-state index contributed by atoms with van der Waals surface area (Å²) in [5.74, 6) is 0. The second kappa shape index (κ2) is 1.05. The van der Waals surface area contributed by atoms with Crippen molar-refractivity contribution in [3.05, 3.63) is 0 Å². The highest BCUT2D eigenvalue weighted by Gasteiger charge is 2.10. The minimum absolute atomic E-state index is 0.301. The van der Waals surface area contributed by atoms with Gasteiger partial charge in [0, 0.05) is 5.33 Å². The zero-order valence-corrected chi connectivity index (χ0v) is 4.14. The van der Waals surface area contributed by atoms with E-state index in [0.29, 0.717) is 6.17 Å². The number of alkyl halides is 1. The maximum Gasteiger partial charge on any atom is 0.190 e. The van der Waals surface area contributed by atoms with Crippen LogP contribution in [0.1, 0.15) is 0 Å². The Labute approximate surface area is 38.4 Å². The summed E-state index contributed by atoms with van der Waals surface area (Å²) in [7, 11) is 0. The van der Waals surface area contributed by atoms with Crippen molar-refractivity contribution in [2.45, 2.75) is 6.17 Å². The van der Waals surface area contributed by atoms with Crippen LogP contribution >= 0.6 is 15.9 Å². The molecule has 0 unspecified atom stereocenters. The quantitative estimate of drug-likeness (QED) is 0.482. The zero-order valence-electron chi connectivity index (χ0n) is 2.56. The Morgan fingerprint density at radius 3 is 2.20 bits per heavy atom. The molecule has 2 nitrogen and oxygen atoms in total. The summed E-state index contributed by atoms with van der Waals surface area (Å²) in [5.41, 5.74) is 0. The van der Waals surface area contributed by atoms with Gasteiger partial charge < -0.3 is 0 Å². The van der Waals surface area contributed by atoms with Gasteiger partial charge >= 0.3 is 0 Å². The maximum absolute atomic E-state index is 3.60. The Bertz CT molecular complexity index is 54.7. The van der Waals surface area contributed by atoms with Crippen molar-refractivity contribution in [3.8, 4) is 0 Å². The standard InChI is InChI=1S/C2H3BrN2/c3-1-2-4-5-2/h2H,1H2. The lowest BCUT2D eigenvalue weighted by Crippen LogP contribution is -1.78. The van der Waals surface area contributed by atoms with Gasteiger partial charge in [0.1, 0.15) is 0 Å². The molecule has 3 heteroatoms. The maximum atomic E-state index is 3.60. The number of halogens is 1. The molecule has 1 aliphatic rings. The monoisotopic (exact) mass is 134 g/mol. The van der Waals surface area contributed by atoms with Crippen molar-refractivity contribution in [2.75, 3.05) is 5.33 Å². The van der Waals surface area contributed by atoms with Gasteiger partial charge in [-0.1, -0.05) is 15.9 Å². The fourth-order valence-corrected chi connectivity index (χ4v) is 0.368. The highest BCUT2D eigenvalue weighted by atomic mass is 79.9. The van der Waals surface area contributed by atoms with Crippen molar-refractivity contribution >= 4 is 15.9 Å². The first kappa shape index (κ1) is 3.28. The molecule has 0 aliphatic carbocycles. The molecule has 1 heterocycles. The summed E-state index contributed by atoms with van der Waals surface area (Å²) in [6, 6.07) is 0. The van der Waals surface area contributed by atoms with Crippen molar-refractivity contribution < 1.29 is 0 Å². The van der Waals surface area contributed by atoms with Crippen LogP contribution in [0.5, 0.6) is 0 Å². The van der Waals surface area contributed by atoms with E-state index >= 15 is 0 Å². The van der Waals surface area contributed by atoms with E-state index in [0.717, 1.165) is 5.33 Å². The Morgan fingerprint density at radius 2 is 2.20 bits per heavy atom. The third kappa shape index (κ3) is 0.684. The molecule has 28 valence electrons. The molecule has 0 aromatic heterocycles. The lowest BCUT2D eigenvalue weighted by Gasteiger charge is -1.65. The fourth-order valence-electron chi connectivity index (χ4n) is 0.109. The van der Waals surface area contributed by atoms with Gasteiger partial charge in [-0.2, -0.15) is 10.2 Å². The van der Waals surface area contributed by atoms with E-state index in [9.17, 15) is 0 Å². The van der Waals surface area contributed by atoms with Crippen molar-refractivity contribution in [1.29, 1.82) is 0 Å². The van der Waals surface area contributed by atoms with E-state index < -0.39 is 0 Å². The predicted octanol–water partition coefficient (Wildman–Crippen LogP) is 1.17. The second-order valence-electron chi connectivity index (χ2n) is 0.866. The number of hydrogen-bond acceptors (Lipinski definition) is 2. The summed E-state index contributed by atoms with van der Waals surface area (Å²) in [4.78, 5) is 0. The Kier molecular flexibility index (Phi) is 0.686. The average Bonchev–Trinajstić information content (AvgIpc) is 2.12. The van der Waals surface area contributed by atoms with Crippen LogP contribution in [0.4, 0.5) is 0 Å². The van der Waals surface area contributed by atoms with Crippen LogP contribution in [-0.4, -0.2) is 11.5 Å². The molecule has 0 radical (unpaired) electrons. The summed E-state index contributed by atoms with van der Waals surface area (Å²) >= 11 is 3.19. The van der Waals surface area contributed by atoms with Gasteiger partial charge in [0.25, 0.3) is 0 Å². The highest BCUT2D eigenvalue weighted by Crippen LogP contribution is 2.11. The van der Waals surface area contributed by atoms with E-state index in [-0.39, 0.29) is 0 Å². The van der Waals surface area contributed by atoms with Crippen LogP contribution in [0.3, 0.4) is 0 Å². The van der Waals surface area contributed by atoms with Gasteiger partial charge in [-0.25, -0.2) is 0 Å². The molecule has 0 spiro atoms. The minimum atomic E-state index is 0.301. The van der Waals surface area contributed by atoms with Gasteiger partial charge in [0.2, 0.25) is 0 Å². The molecule has 0 fully saturated rings. The van der Waals surface area contributed by atoms with Crippen molar-refractivity contribution in [1.82, 2.24) is 0 Å². The highest BCUT2D eigenvalue weighted by molar-refractivity contribution is 9.09.